The van der Waals surface area contributed by atoms with Gasteiger partial charge in [-0.2, -0.15) is 10.2 Å². The lowest BCUT2D eigenvalue weighted by Crippen LogP contribution is -2.14. The number of rotatable bonds is 6. The van der Waals surface area contributed by atoms with Crippen molar-refractivity contribution >= 4 is 34.2 Å². The Kier molecular flexibility index (Phi) is 5.86. The molecule has 0 spiro atoms. The highest BCUT2D eigenvalue weighted by atomic mass is 35.5. The fourth-order valence-electron chi connectivity index (χ4n) is 3.94. The minimum atomic E-state index is -0.299. The molecule has 0 aliphatic carbocycles. The van der Waals surface area contributed by atoms with Gasteiger partial charge in [-0.1, -0.05) is 60.1 Å². The standard InChI is InChI=1S/C26H23ClN6O/c1-3-32-15-21(17(2)30-32)24-13-20(19-11-7-8-12-23(19)28-24)26(34)29-25-22(27)16-33(31-25)14-18-9-5-4-6-10-18/h4-13,15-16H,3,14H2,1-2H3,(H,29,31,34). The fourth-order valence-corrected chi connectivity index (χ4v) is 4.14. The zero-order chi connectivity index (χ0) is 23.7. The molecule has 34 heavy (non-hydrogen) atoms. The van der Waals surface area contributed by atoms with E-state index in [0.29, 0.717) is 28.6 Å². The highest BCUT2D eigenvalue weighted by Crippen LogP contribution is 2.28. The lowest BCUT2D eigenvalue weighted by Gasteiger charge is -2.09. The zero-order valence-corrected chi connectivity index (χ0v) is 19.6. The maximum atomic E-state index is 13.4. The summed E-state index contributed by atoms with van der Waals surface area (Å²) in [5.74, 6) is 0.0206. The third-order valence-corrected chi connectivity index (χ3v) is 5.92. The van der Waals surface area contributed by atoms with Crippen molar-refractivity contribution < 1.29 is 4.79 Å². The average Bonchev–Trinajstić information content (AvgIpc) is 3.40. The SMILES string of the molecule is CCn1cc(-c2cc(C(=O)Nc3nn(Cc4ccccc4)cc3Cl)c3ccccc3n2)c(C)n1. The number of benzene rings is 2. The van der Waals surface area contributed by atoms with E-state index in [-0.39, 0.29) is 5.91 Å². The van der Waals surface area contributed by atoms with E-state index in [1.807, 2.05) is 79.3 Å². The van der Waals surface area contributed by atoms with Crippen LogP contribution in [0.1, 0.15) is 28.5 Å². The molecule has 0 bridgehead atoms. The Bertz CT molecular complexity index is 1490. The predicted octanol–water partition coefficient (Wildman–Crippen LogP) is 5.58. The molecule has 5 aromatic rings. The second-order valence-electron chi connectivity index (χ2n) is 8.02. The molecule has 1 amide bonds. The third-order valence-electron chi connectivity index (χ3n) is 5.64. The molecular formula is C26H23ClN6O. The van der Waals surface area contributed by atoms with Gasteiger partial charge in [0.1, 0.15) is 5.02 Å². The lowest BCUT2D eigenvalue weighted by atomic mass is 10.0. The molecule has 3 aromatic heterocycles. The van der Waals surface area contributed by atoms with Crippen molar-refractivity contribution in [3.8, 4) is 11.3 Å². The van der Waals surface area contributed by atoms with Crippen LogP contribution < -0.4 is 5.32 Å². The van der Waals surface area contributed by atoms with Gasteiger partial charge in [0.15, 0.2) is 5.82 Å². The number of aryl methyl sites for hydroxylation is 2. The molecule has 7 nitrogen and oxygen atoms in total. The third kappa shape index (κ3) is 4.30. The number of fused-ring (bicyclic) bond motifs is 1. The van der Waals surface area contributed by atoms with E-state index < -0.39 is 0 Å². The number of para-hydroxylation sites is 1. The molecular weight excluding hydrogens is 448 g/mol. The van der Waals surface area contributed by atoms with Crippen LogP contribution in [-0.4, -0.2) is 30.5 Å². The number of pyridine rings is 1. The van der Waals surface area contributed by atoms with Gasteiger partial charge < -0.3 is 5.32 Å². The normalized spacial score (nSPS) is 11.1. The van der Waals surface area contributed by atoms with Gasteiger partial charge in [-0.3, -0.25) is 14.2 Å². The van der Waals surface area contributed by atoms with Crippen molar-refractivity contribution in [1.29, 1.82) is 0 Å². The molecule has 170 valence electrons. The summed E-state index contributed by atoms with van der Waals surface area (Å²) in [5, 5.41) is 13.0. The number of anilines is 1. The molecule has 0 saturated heterocycles. The Morgan fingerprint density at radius 1 is 1.00 bits per heavy atom. The smallest absolute Gasteiger partial charge is 0.257 e. The number of halogens is 1. The van der Waals surface area contributed by atoms with Gasteiger partial charge in [0.25, 0.3) is 5.91 Å². The quantitative estimate of drug-likeness (QED) is 0.351. The first-order chi connectivity index (χ1) is 16.5. The minimum absolute atomic E-state index is 0.299. The van der Waals surface area contributed by atoms with Crippen LogP contribution >= 0.6 is 11.6 Å². The van der Waals surface area contributed by atoms with Crippen LogP contribution in [0.4, 0.5) is 5.82 Å². The zero-order valence-electron chi connectivity index (χ0n) is 18.9. The van der Waals surface area contributed by atoms with Gasteiger partial charge >= 0.3 is 0 Å². The van der Waals surface area contributed by atoms with Crippen molar-refractivity contribution in [2.24, 2.45) is 0 Å². The van der Waals surface area contributed by atoms with Crippen molar-refractivity contribution in [2.75, 3.05) is 5.32 Å². The van der Waals surface area contributed by atoms with Crippen LogP contribution in [0.2, 0.25) is 5.02 Å². The first-order valence-electron chi connectivity index (χ1n) is 11.0. The molecule has 0 fully saturated rings. The Morgan fingerprint density at radius 3 is 2.53 bits per heavy atom. The first kappa shape index (κ1) is 21.9. The van der Waals surface area contributed by atoms with E-state index in [9.17, 15) is 4.79 Å². The summed E-state index contributed by atoms with van der Waals surface area (Å²) in [6.07, 6.45) is 3.67. The average molecular weight is 471 g/mol. The van der Waals surface area contributed by atoms with Gasteiger partial charge in [-0.05, 0) is 31.5 Å². The van der Waals surface area contributed by atoms with E-state index in [4.69, 9.17) is 16.6 Å². The molecule has 0 saturated carbocycles. The van der Waals surface area contributed by atoms with E-state index in [2.05, 4.69) is 15.5 Å². The van der Waals surface area contributed by atoms with Crippen LogP contribution in [0, 0.1) is 6.92 Å². The number of amides is 1. The number of nitrogens with zero attached hydrogens (tertiary/aromatic N) is 5. The largest absolute Gasteiger partial charge is 0.304 e. The number of carbonyl (C=O) groups excluding carboxylic acids is 1. The Morgan fingerprint density at radius 2 is 1.76 bits per heavy atom. The molecule has 5 rings (SSSR count). The van der Waals surface area contributed by atoms with E-state index in [1.165, 1.54) is 0 Å². The maximum absolute atomic E-state index is 13.4. The number of hydrogen-bond acceptors (Lipinski definition) is 4. The van der Waals surface area contributed by atoms with Crippen LogP contribution in [0.3, 0.4) is 0 Å². The molecule has 0 unspecified atom stereocenters. The summed E-state index contributed by atoms with van der Waals surface area (Å²) in [6, 6.07) is 19.3. The molecule has 3 heterocycles. The van der Waals surface area contributed by atoms with E-state index in [1.54, 1.807) is 16.9 Å². The molecule has 1 N–H and O–H groups in total. The number of hydrogen-bond donors (Lipinski definition) is 1. The summed E-state index contributed by atoms with van der Waals surface area (Å²) in [7, 11) is 0. The van der Waals surface area contributed by atoms with Gasteiger partial charge in [-0.25, -0.2) is 4.98 Å². The highest BCUT2D eigenvalue weighted by Gasteiger charge is 2.18. The molecule has 0 radical (unpaired) electrons. The molecule has 0 aliphatic heterocycles. The maximum Gasteiger partial charge on any atom is 0.257 e. The Balaban J connectivity index is 1.49. The monoisotopic (exact) mass is 470 g/mol. The van der Waals surface area contributed by atoms with Crippen LogP contribution in [0.15, 0.2) is 73.1 Å². The predicted molar refractivity (Wildman–Crippen MR) is 134 cm³/mol. The van der Waals surface area contributed by atoms with Gasteiger partial charge in [0, 0.05) is 29.9 Å². The summed E-state index contributed by atoms with van der Waals surface area (Å²) in [6.45, 7) is 5.28. The summed E-state index contributed by atoms with van der Waals surface area (Å²) >= 11 is 6.41. The number of aromatic nitrogens is 5. The van der Waals surface area contributed by atoms with Crippen molar-refractivity contribution in [2.45, 2.75) is 26.9 Å². The molecule has 8 heteroatoms. The summed E-state index contributed by atoms with van der Waals surface area (Å²) in [4.78, 5) is 18.2. The minimum Gasteiger partial charge on any atom is -0.304 e. The van der Waals surface area contributed by atoms with Crippen LogP contribution in [0.25, 0.3) is 22.2 Å². The van der Waals surface area contributed by atoms with E-state index >= 15 is 0 Å². The van der Waals surface area contributed by atoms with Gasteiger partial charge in [0.2, 0.25) is 0 Å². The molecule has 0 aliphatic rings. The van der Waals surface area contributed by atoms with Crippen LogP contribution in [0.5, 0.6) is 0 Å². The summed E-state index contributed by atoms with van der Waals surface area (Å²) < 4.78 is 3.58. The van der Waals surface area contributed by atoms with Crippen molar-refractivity contribution in [3.05, 3.63) is 94.9 Å². The lowest BCUT2D eigenvalue weighted by molar-refractivity contribution is 0.102. The Labute approximate surface area is 202 Å². The molecule has 0 atom stereocenters. The van der Waals surface area contributed by atoms with Gasteiger partial charge in [0.05, 0.1) is 29.0 Å². The second kappa shape index (κ2) is 9.11. The van der Waals surface area contributed by atoms with Crippen molar-refractivity contribution in [3.63, 3.8) is 0 Å². The fraction of sp³-hybridized carbons (Fsp3) is 0.154. The van der Waals surface area contributed by atoms with Gasteiger partial charge in [-0.15, -0.1) is 0 Å². The topological polar surface area (TPSA) is 77.6 Å². The Hall–Kier alpha value is -3.97. The summed E-state index contributed by atoms with van der Waals surface area (Å²) in [5.41, 5.74) is 4.77. The number of carbonyl (C=O) groups is 1. The first-order valence-corrected chi connectivity index (χ1v) is 11.4. The number of nitrogens with one attached hydrogen (secondary N) is 1. The molecule has 2 aromatic carbocycles. The highest BCUT2D eigenvalue weighted by molar-refractivity contribution is 6.33. The van der Waals surface area contributed by atoms with Crippen molar-refractivity contribution in [1.82, 2.24) is 24.5 Å². The van der Waals surface area contributed by atoms with E-state index in [0.717, 1.165) is 34.3 Å². The van der Waals surface area contributed by atoms with Crippen LogP contribution in [-0.2, 0) is 13.1 Å². The second-order valence-corrected chi connectivity index (χ2v) is 8.43.